The SMILES string of the molecule is CCC[B]OC1C[C@H]2OC[C@@]2(C)[C@H]2[C@H](OC(=O)c3ccccc3)[C@]3(O)C[C@H](OC(=O)[C@H](O)[C@@H](NC(=O)OC(C)(C)C)c4ccccc4)C(C)=C([C@@H](O[B]CCC)C(=O)[C@]12C)C3(C)C. The van der Waals surface area contributed by atoms with E-state index < -0.39 is 94.1 Å². The van der Waals surface area contributed by atoms with Gasteiger partial charge in [-0.2, -0.15) is 0 Å². The fourth-order valence-corrected chi connectivity index (χ4v) is 10.4. The molecule has 11 atom stereocenters. The number of ketones is 1. The van der Waals surface area contributed by atoms with Crippen LogP contribution in [0, 0.1) is 22.2 Å². The van der Waals surface area contributed by atoms with Crippen LogP contribution in [0.1, 0.15) is 117 Å². The molecule has 13 nitrogen and oxygen atoms in total. The van der Waals surface area contributed by atoms with Crippen molar-refractivity contribution in [1.82, 2.24) is 5.32 Å². The highest BCUT2D eigenvalue weighted by Crippen LogP contribution is 2.66. The van der Waals surface area contributed by atoms with E-state index in [9.17, 15) is 24.6 Å². The number of hydrogen-bond donors (Lipinski definition) is 3. The minimum Gasteiger partial charge on any atom is -0.456 e. The summed E-state index contributed by atoms with van der Waals surface area (Å²) < 4.78 is 37.8. The summed E-state index contributed by atoms with van der Waals surface area (Å²) in [7, 11) is 3.32. The summed E-state index contributed by atoms with van der Waals surface area (Å²) in [6.07, 6.45) is -5.15. The van der Waals surface area contributed by atoms with Gasteiger partial charge in [0.15, 0.2) is 11.9 Å². The summed E-state index contributed by atoms with van der Waals surface area (Å²) in [4.78, 5) is 57.9. The minimum absolute atomic E-state index is 0.220. The van der Waals surface area contributed by atoms with E-state index in [1.807, 2.05) is 27.7 Å². The first-order valence-electron chi connectivity index (χ1n) is 22.4. The highest BCUT2D eigenvalue weighted by molar-refractivity contribution is 6.28. The zero-order chi connectivity index (χ0) is 46.1. The number of carbonyl (C=O) groups is 4. The molecule has 1 amide bonds. The smallest absolute Gasteiger partial charge is 0.408 e. The third kappa shape index (κ3) is 9.15. The van der Waals surface area contributed by atoms with E-state index in [4.69, 9.17) is 28.3 Å². The average Bonchev–Trinajstić information content (AvgIpc) is 3.23. The van der Waals surface area contributed by atoms with Gasteiger partial charge in [-0.3, -0.25) is 4.79 Å². The number of benzene rings is 2. The predicted molar refractivity (Wildman–Crippen MR) is 237 cm³/mol. The number of rotatable bonds is 15. The second-order valence-electron chi connectivity index (χ2n) is 19.7. The minimum atomic E-state index is -2.05. The fourth-order valence-electron chi connectivity index (χ4n) is 10.4. The Morgan fingerprint density at radius 3 is 2.10 bits per heavy atom. The second-order valence-corrected chi connectivity index (χ2v) is 19.7. The summed E-state index contributed by atoms with van der Waals surface area (Å²) in [5, 5.41) is 28.3. The lowest BCUT2D eigenvalue weighted by Crippen LogP contribution is -2.78. The van der Waals surface area contributed by atoms with Gasteiger partial charge >= 0.3 is 18.0 Å². The largest absolute Gasteiger partial charge is 0.456 e. The molecule has 0 aromatic heterocycles. The lowest BCUT2D eigenvalue weighted by Gasteiger charge is -2.68. The van der Waals surface area contributed by atoms with Gasteiger partial charge in [-0.25, -0.2) is 14.4 Å². The average molecular weight is 870 g/mol. The van der Waals surface area contributed by atoms with Crippen LogP contribution in [-0.2, 0) is 37.8 Å². The molecule has 4 aliphatic rings. The molecule has 1 heterocycles. The molecule has 0 spiro atoms. The standard InChI is InChI=1S/C48H65B2NO12/c1-11-23-49-62-33-25-32-46(9,27-58-32)38-40(60-41(54)30-21-17-14-18-22-30)48(57)26-31(28(3)34(45(48,7)8)37(63-50-24-12-2)39(53)47(33,38)10)59-42(55)36(52)35(29-19-15-13-16-20-29)51-43(56)61-44(4,5)6/h13-22,31-33,35-38,40,52,57H,11-12,23-27H2,1-10H3,(H,51,56)/t31-,32+,33?,35-,36+,37+,38+,40-,46+,47+,48+/m0/s1. The number of hydrogen-bond acceptors (Lipinski definition) is 12. The van der Waals surface area contributed by atoms with Crippen LogP contribution in [0.15, 0.2) is 71.8 Å². The number of ether oxygens (including phenoxy) is 4. The molecule has 1 saturated heterocycles. The van der Waals surface area contributed by atoms with Crippen LogP contribution < -0.4 is 5.32 Å². The second kappa shape index (κ2) is 18.8. The van der Waals surface area contributed by atoms with E-state index in [2.05, 4.69) is 5.32 Å². The summed E-state index contributed by atoms with van der Waals surface area (Å²) >= 11 is 0. The van der Waals surface area contributed by atoms with Gasteiger partial charge in [0.2, 0.25) is 0 Å². The molecule has 15 heteroatoms. The van der Waals surface area contributed by atoms with E-state index in [1.54, 1.807) is 117 Å². The van der Waals surface area contributed by atoms with E-state index in [0.29, 0.717) is 35.8 Å². The van der Waals surface area contributed by atoms with Crippen molar-refractivity contribution >= 4 is 38.8 Å². The van der Waals surface area contributed by atoms with Crippen LogP contribution in [0.4, 0.5) is 4.79 Å². The first kappa shape index (κ1) is 48.4. The quantitative estimate of drug-likeness (QED) is 0.0556. The molecule has 63 heavy (non-hydrogen) atoms. The van der Waals surface area contributed by atoms with Gasteiger partial charge in [0.05, 0.1) is 35.8 Å². The first-order valence-corrected chi connectivity index (χ1v) is 22.4. The Morgan fingerprint density at radius 1 is 0.921 bits per heavy atom. The van der Waals surface area contributed by atoms with Gasteiger partial charge in [-0.1, -0.05) is 109 Å². The van der Waals surface area contributed by atoms with Crippen LogP contribution in [0.5, 0.6) is 0 Å². The first-order chi connectivity index (χ1) is 29.6. The lowest BCUT2D eigenvalue weighted by atomic mass is 9.42. The summed E-state index contributed by atoms with van der Waals surface area (Å²) in [6, 6.07) is 15.6. The molecule has 2 bridgehead atoms. The third-order valence-electron chi connectivity index (χ3n) is 13.9. The number of alkyl carbamates (subject to hydrolysis) is 1. The Hall–Kier alpha value is -4.01. The van der Waals surface area contributed by atoms with Crippen molar-refractivity contribution in [1.29, 1.82) is 0 Å². The van der Waals surface area contributed by atoms with Gasteiger partial charge in [-0.15, -0.1) is 0 Å². The fraction of sp³-hybridized carbons (Fsp3) is 0.625. The van der Waals surface area contributed by atoms with Crippen LogP contribution >= 0.6 is 0 Å². The van der Waals surface area contributed by atoms with Gasteiger partial charge in [0, 0.05) is 23.2 Å². The monoisotopic (exact) mass is 869 g/mol. The van der Waals surface area contributed by atoms with Crippen molar-refractivity contribution < 1.29 is 57.6 Å². The van der Waals surface area contributed by atoms with Gasteiger partial charge < -0.3 is 43.8 Å². The van der Waals surface area contributed by atoms with Crippen molar-refractivity contribution in [3.63, 3.8) is 0 Å². The Labute approximate surface area is 373 Å². The summed E-state index contributed by atoms with van der Waals surface area (Å²) in [5.41, 5.74) is -5.05. The zero-order valence-corrected chi connectivity index (χ0v) is 38.5. The molecule has 6 rings (SSSR count). The molecular formula is C48H65B2NO12. The molecular weight excluding hydrogens is 804 g/mol. The molecule has 340 valence electrons. The van der Waals surface area contributed by atoms with Gasteiger partial charge in [0.25, 0.3) is 15.0 Å². The van der Waals surface area contributed by atoms with Crippen molar-refractivity contribution in [2.45, 2.75) is 161 Å². The Morgan fingerprint density at radius 2 is 1.52 bits per heavy atom. The number of aliphatic hydroxyl groups is 2. The number of esters is 2. The van der Waals surface area contributed by atoms with E-state index in [1.165, 1.54) is 0 Å². The molecule has 2 radical (unpaired) electrons. The maximum Gasteiger partial charge on any atom is 0.408 e. The van der Waals surface area contributed by atoms with E-state index in [0.717, 1.165) is 12.8 Å². The number of amides is 1. The topological polar surface area (TPSA) is 176 Å². The lowest BCUT2D eigenvalue weighted by molar-refractivity contribution is -0.311. The van der Waals surface area contributed by atoms with Crippen molar-refractivity contribution in [2.24, 2.45) is 22.2 Å². The normalized spacial score (nSPS) is 32.0. The predicted octanol–water partition coefficient (Wildman–Crippen LogP) is 6.91. The van der Waals surface area contributed by atoms with Crippen LogP contribution in [0.25, 0.3) is 0 Å². The highest BCUT2D eigenvalue weighted by atomic mass is 16.6. The highest BCUT2D eigenvalue weighted by Gasteiger charge is 2.75. The molecule has 3 N–H and O–H groups in total. The molecule has 2 saturated carbocycles. The summed E-state index contributed by atoms with van der Waals surface area (Å²) in [6.45, 7) is 18.5. The van der Waals surface area contributed by atoms with Crippen molar-refractivity contribution in [3.05, 3.63) is 82.9 Å². The van der Waals surface area contributed by atoms with Crippen LogP contribution in [-0.4, -0.2) is 103 Å². The molecule has 3 aliphatic carbocycles. The van der Waals surface area contributed by atoms with Gasteiger partial charge in [0.1, 0.15) is 29.5 Å². The third-order valence-corrected chi connectivity index (χ3v) is 13.9. The van der Waals surface area contributed by atoms with Gasteiger partial charge in [-0.05, 0) is 69.9 Å². The molecule has 3 fully saturated rings. The number of Topliss-reactive ketones (excluding diaryl/α,β-unsaturated/α-hetero) is 1. The molecule has 1 unspecified atom stereocenters. The number of nitrogens with one attached hydrogen (secondary N) is 1. The number of carbonyl (C=O) groups excluding carboxylic acids is 4. The maximum atomic E-state index is 16.0. The zero-order valence-electron chi connectivity index (χ0n) is 38.5. The Bertz CT molecular complexity index is 2010. The van der Waals surface area contributed by atoms with Crippen LogP contribution in [0.3, 0.4) is 0 Å². The molecule has 1 aliphatic heterocycles. The van der Waals surface area contributed by atoms with Crippen molar-refractivity contribution in [2.75, 3.05) is 6.61 Å². The van der Waals surface area contributed by atoms with Crippen LogP contribution in [0.2, 0.25) is 12.6 Å². The number of aliphatic hydroxyl groups excluding tert-OH is 1. The van der Waals surface area contributed by atoms with Crippen molar-refractivity contribution in [3.8, 4) is 0 Å². The Balaban J connectivity index is 1.52. The molecule has 2 aromatic rings. The summed E-state index contributed by atoms with van der Waals surface area (Å²) in [5.74, 6) is -3.05. The van der Waals surface area contributed by atoms with E-state index in [-0.39, 0.29) is 24.4 Å². The Kier molecular flexibility index (Phi) is 14.5. The maximum absolute atomic E-state index is 16.0. The molecule has 2 aromatic carbocycles. The van der Waals surface area contributed by atoms with E-state index >= 15 is 4.79 Å². The number of fused-ring (bicyclic) bond motifs is 5.